The normalized spacial score (nSPS) is 25.9. The molecule has 2 aliphatic heterocycles. The fraction of sp³-hybridized carbons (Fsp3) is 0.545. The van der Waals surface area contributed by atoms with Gasteiger partial charge in [-0.2, -0.15) is 0 Å². The number of likely N-dealkylation sites (N-methyl/N-ethyl adjacent to an activating group) is 1. The number of anilines is 1. The molecule has 1 aliphatic carbocycles. The molecule has 5 nitrogen and oxygen atoms in total. The van der Waals surface area contributed by atoms with Crippen LogP contribution in [-0.2, 0) is 9.59 Å². The molecule has 0 aromatic heterocycles. The molecule has 0 fully saturated rings. The van der Waals surface area contributed by atoms with Gasteiger partial charge in [-0.05, 0) is 50.1 Å². The zero-order chi connectivity index (χ0) is 19.1. The van der Waals surface area contributed by atoms with Crippen LogP contribution in [0, 0.1) is 5.92 Å². The summed E-state index contributed by atoms with van der Waals surface area (Å²) in [6.07, 6.45) is 3.76. The number of fused-ring (bicyclic) bond motifs is 2. The maximum absolute atomic E-state index is 13.1. The van der Waals surface area contributed by atoms with E-state index in [4.69, 9.17) is 0 Å². The van der Waals surface area contributed by atoms with Gasteiger partial charge in [0.15, 0.2) is 0 Å². The number of carbonyl (C=O) groups is 2. The van der Waals surface area contributed by atoms with Crippen molar-refractivity contribution in [1.82, 2.24) is 9.80 Å². The Hall–Kier alpha value is -2.14. The molecule has 3 atom stereocenters. The van der Waals surface area contributed by atoms with Gasteiger partial charge in [0.2, 0.25) is 5.91 Å². The maximum Gasteiger partial charge on any atom is 0.230 e. The highest BCUT2D eigenvalue weighted by Gasteiger charge is 2.41. The van der Waals surface area contributed by atoms with Crippen LogP contribution in [0.4, 0.5) is 5.69 Å². The van der Waals surface area contributed by atoms with Crippen LogP contribution in [0.2, 0.25) is 0 Å². The number of hydrogen-bond donors (Lipinski definition) is 1. The predicted molar refractivity (Wildman–Crippen MR) is 108 cm³/mol. The number of nitrogens with one attached hydrogen (secondary N) is 1. The molecule has 1 amide bonds. The average molecular weight is 367 g/mol. The van der Waals surface area contributed by atoms with E-state index in [1.54, 1.807) is 6.92 Å². The number of rotatable bonds is 5. The fourth-order valence-corrected chi connectivity index (χ4v) is 4.95. The van der Waals surface area contributed by atoms with E-state index in [0.29, 0.717) is 31.5 Å². The van der Waals surface area contributed by atoms with Gasteiger partial charge < -0.3 is 10.2 Å². The van der Waals surface area contributed by atoms with Gasteiger partial charge in [0.05, 0.1) is 5.92 Å². The largest absolute Gasteiger partial charge is 0.384 e. The van der Waals surface area contributed by atoms with Crippen molar-refractivity contribution in [3.63, 3.8) is 0 Å². The zero-order valence-electron chi connectivity index (χ0n) is 16.5. The third-order valence-electron chi connectivity index (χ3n) is 6.37. The van der Waals surface area contributed by atoms with Gasteiger partial charge in [-0.15, -0.1) is 0 Å². The number of hydrogen-bond acceptors (Lipinski definition) is 4. The van der Waals surface area contributed by atoms with Crippen molar-refractivity contribution in [1.29, 1.82) is 0 Å². The summed E-state index contributed by atoms with van der Waals surface area (Å²) >= 11 is 0. The van der Waals surface area contributed by atoms with Crippen molar-refractivity contribution in [3.8, 4) is 0 Å². The monoisotopic (exact) mass is 367 g/mol. The van der Waals surface area contributed by atoms with Gasteiger partial charge in [0.1, 0.15) is 5.78 Å². The quantitative estimate of drug-likeness (QED) is 0.869. The summed E-state index contributed by atoms with van der Waals surface area (Å²) in [6.45, 7) is 6.50. The number of carbonyl (C=O) groups excluding carboxylic acids is 2. The van der Waals surface area contributed by atoms with Gasteiger partial charge in [0.25, 0.3) is 0 Å². The Morgan fingerprint density at radius 1 is 1.33 bits per heavy atom. The van der Waals surface area contributed by atoms with Gasteiger partial charge in [-0.1, -0.05) is 18.2 Å². The van der Waals surface area contributed by atoms with Crippen LogP contribution in [0.25, 0.3) is 5.57 Å². The summed E-state index contributed by atoms with van der Waals surface area (Å²) in [5.74, 6) is 0.696. The van der Waals surface area contributed by atoms with Crippen LogP contribution < -0.4 is 5.32 Å². The molecule has 0 radical (unpaired) electrons. The lowest BCUT2D eigenvalue weighted by molar-refractivity contribution is -0.135. The van der Waals surface area contributed by atoms with Gasteiger partial charge in [-0.25, -0.2) is 0 Å². The second kappa shape index (κ2) is 7.12. The van der Waals surface area contributed by atoms with Crippen LogP contribution in [0.5, 0.6) is 0 Å². The van der Waals surface area contributed by atoms with E-state index < -0.39 is 0 Å². The Morgan fingerprint density at radius 3 is 2.89 bits per heavy atom. The number of nitrogens with zero attached hydrogens (tertiary/aromatic N) is 2. The molecule has 0 spiro atoms. The first-order valence-electron chi connectivity index (χ1n) is 10.1. The Morgan fingerprint density at radius 2 is 2.15 bits per heavy atom. The van der Waals surface area contributed by atoms with E-state index in [1.807, 2.05) is 11.8 Å². The van der Waals surface area contributed by atoms with Crippen LogP contribution in [0.1, 0.15) is 43.7 Å². The molecule has 0 saturated heterocycles. The van der Waals surface area contributed by atoms with Gasteiger partial charge in [-0.3, -0.25) is 14.5 Å². The van der Waals surface area contributed by atoms with Crippen molar-refractivity contribution in [2.45, 2.75) is 38.6 Å². The molecule has 0 saturated carbocycles. The Kier molecular flexibility index (Phi) is 4.81. The van der Waals surface area contributed by atoms with E-state index in [1.165, 1.54) is 22.4 Å². The van der Waals surface area contributed by atoms with Gasteiger partial charge >= 0.3 is 0 Å². The highest BCUT2D eigenvalue weighted by molar-refractivity contribution is 5.88. The van der Waals surface area contributed by atoms with Crippen LogP contribution in [0.3, 0.4) is 0 Å². The first kappa shape index (κ1) is 18.2. The van der Waals surface area contributed by atoms with Gasteiger partial charge in [0, 0.05) is 50.2 Å². The van der Waals surface area contributed by atoms with Crippen molar-refractivity contribution in [2.24, 2.45) is 5.92 Å². The van der Waals surface area contributed by atoms with E-state index in [9.17, 15) is 9.59 Å². The van der Waals surface area contributed by atoms with E-state index in [0.717, 1.165) is 19.5 Å². The van der Waals surface area contributed by atoms with E-state index in [2.05, 4.69) is 41.5 Å². The molecule has 3 unspecified atom stereocenters. The number of Topliss-reactive ketones (excluding diaryl/α,β-unsaturated/α-hetero) is 1. The third-order valence-corrected chi connectivity index (χ3v) is 6.37. The van der Waals surface area contributed by atoms with Crippen molar-refractivity contribution in [3.05, 3.63) is 35.4 Å². The highest BCUT2D eigenvalue weighted by Crippen LogP contribution is 2.48. The summed E-state index contributed by atoms with van der Waals surface area (Å²) in [6, 6.07) is 6.87. The molecular weight excluding hydrogens is 338 g/mol. The Bertz CT molecular complexity index is 801. The molecule has 2 heterocycles. The summed E-state index contributed by atoms with van der Waals surface area (Å²) in [4.78, 5) is 28.7. The van der Waals surface area contributed by atoms with Crippen LogP contribution in [-0.4, -0.2) is 60.8 Å². The minimum absolute atomic E-state index is 0.131. The van der Waals surface area contributed by atoms with Crippen molar-refractivity contribution >= 4 is 23.0 Å². The van der Waals surface area contributed by atoms with Crippen LogP contribution in [0.15, 0.2) is 24.3 Å². The lowest BCUT2D eigenvalue weighted by Crippen LogP contribution is -2.48. The lowest BCUT2D eigenvalue weighted by atomic mass is 9.74. The fourth-order valence-electron chi connectivity index (χ4n) is 4.95. The maximum atomic E-state index is 13.1. The predicted octanol–water partition coefficient (Wildman–Crippen LogP) is 2.74. The van der Waals surface area contributed by atoms with Crippen molar-refractivity contribution in [2.75, 3.05) is 38.5 Å². The summed E-state index contributed by atoms with van der Waals surface area (Å²) in [5, 5.41) is 3.54. The minimum Gasteiger partial charge on any atom is -0.384 e. The van der Waals surface area contributed by atoms with Crippen LogP contribution >= 0.6 is 0 Å². The Balaban J connectivity index is 1.65. The van der Waals surface area contributed by atoms with E-state index >= 15 is 0 Å². The summed E-state index contributed by atoms with van der Waals surface area (Å²) in [7, 11) is 2.14. The number of amides is 1. The molecule has 1 aromatic rings. The SMILES string of the molecule is CCN(CCC(C)=O)C(=O)C1C=C2c3cccc4c3C(CN4)CC2N(C)C1. The Labute approximate surface area is 161 Å². The molecule has 0 bridgehead atoms. The zero-order valence-corrected chi connectivity index (χ0v) is 16.5. The molecule has 1 N–H and O–H groups in total. The molecule has 144 valence electrons. The first-order valence-corrected chi connectivity index (χ1v) is 10.1. The molecule has 5 heteroatoms. The molecule has 4 rings (SSSR count). The molecule has 27 heavy (non-hydrogen) atoms. The number of ketones is 1. The highest BCUT2D eigenvalue weighted by atomic mass is 16.2. The van der Waals surface area contributed by atoms with E-state index in [-0.39, 0.29) is 17.6 Å². The lowest BCUT2D eigenvalue weighted by Gasteiger charge is -2.42. The summed E-state index contributed by atoms with van der Waals surface area (Å²) < 4.78 is 0. The second-order valence-corrected chi connectivity index (χ2v) is 8.13. The molecular formula is C22H29N3O2. The number of benzene rings is 1. The second-order valence-electron chi connectivity index (χ2n) is 8.13. The molecule has 3 aliphatic rings. The topological polar surface area (TPSA) is 52.7 Å². The summed E-state index contributed by atoms with van der Waals surface area (Å²) in [5.41, 5.74) is 5.31. The molecule has 1 aromatic carbocycles. The minimum atomic E-state index is -0.144. The van der Waals surface area contributed by atoms with Crippen molar-refractivity contribution < 1.29 is 9.59 Å². The average Bonchev–Trinajstić information content (AvgIpc) is 3.07. The standard InChI is InChI=1S/C22H29N3O2/c1-4-25(9-8-14(2)26)22(27)16-10-18-17-6-5-7-19-21(17)15(12-23-19)11-20(18)24(3)13-16/h5-7,10,15-16,20,23H,4,8-9,11-13H2,1-3H3. The first-order chi connectivity index (χ1) is 13.0. The smallest absolute Gasteiger partial charge is 0.230 e. The third kappa shape index (κ3) is 3.18.